The second kappa shape index (κ2) is 6.83. The number of nitrogens with one attached hydrogen (secondary N) is 2. The van der Waals surface area contributed by atoms with E-state index >= 15 is 0 Å². The molecular formula is C16H20N4O. The highest BCUT2D eigenvalue weighted by atomic mass is 16.1. The Labute approximate surface area is 124 Å². The molecule has 2 rings (SSSR count). The topological polar surface area (TPSA) is 66.9 Å². The highest BCUT2D eigenvalue weighted by Gasteiger charge is 2.09. The maximum Gasteiger partial charge on any atom is 0.251 e. The van der Waals surface area contributed by atoms with Gasteiger partial charge in [0.2, 0.25) is 0 Å². The van der Waals surface area contributed by atoms with Crippen LogP contribution in [0.2, 0.25) is 0 Å². The van der Waals surface area contributed by atoms with Crippen LogP contribution in [-0.2, 0) is 6.54 Å². The third kappa shape index (κ3) is 4.02. The van der Waals surface area contributed by atoms with Gasteiger partial charge in [-0.15, -0.1) is 0 Å². The molecule has 0 aliphatic heterocycles. The van der Waals surface area contributed by atoms with Crippen molar-refractivity contribution >= 4 is 11.7 Å². The molecule has 2 N–H and O–H groups in total. The standard InChI is InChI=1S/C16H20N4O/c1-4-18-15-8-13(7-12(3)20-15)16(21)19-10-14-9-17-6-5-11(14)2/h5-9H,4,10H2,1-3H3,(H,18,20)(H,19,21). The molecule has 0 aromatic carbocycles. The van der Waals surface area contributed by atoms with E-state index in [0.717, 1.165) is 29.2 Å². The van der Waals surface area contributed by atoms with Crippen LogP contribution >= 0.6 is 0 Å². The summed E-state index contributed by atoms with van der Waals surface area (Å²) in [6.45, 7) is 7.11. The minimum absolute atomic E-state index is 0.108. The highest BCUT2D eigenvalue weighted by molar-refractivity contribution is 5.94. The van der Waals surface area contributed by atoms with Crippen LogP contribution in [0.15, 0.2) is 30.6 Å². The molecule has 2 aromatic heterocycles. The summed E-state index contributed by atoms with van der Waals surface area (Å²) in [5, 5.41) is 6.04. The van der Waals surface area contributed by atoms with Crippen molar-refractivity contribution in [2.24, 2.45) is 0 Å². The fraction of sp³-hybridized carbons (Fsp3) is 0.312. The second-order valence-electron chi connectivity index (χ2n) is 4.90. The Morgan fingerprint density at radius 1 is 1.29 bits per heavy atom. The van der Waals surface area contributed by atoms with Gasteiger partial charge in [0.15, 0.2) is 0 Å². The Kier molecular flexibility index (Phi) is 4.87. The summed E-state index contributed by atoms with van der Waals surface area (Å²) in [7, 11) is 0. The molecule has 0 atom stereocenters. The lowest BCUT2D eigenvalue weighted by molar-refractivity contribution is 0.0950. The number of aryl methyl sites for hydroxylation is 2. The van der Waals surface area contributed by atoms with Gasteiger partial charge in [-0.3, -0.25) is 9.78 Å². The van der Waals surface area contributed by atoms with E-state index in [1.807, 2.05) is 26.8 Å². The van der Waals surface area contributed by atoms with E-state index in [0.29, 0.717) is 12.1 Å². The van der Waals surface area contributed by atoms with Gasteiger partial charge in [-0.25, -0.2) is 4.98 Å². The van der Waals surface area contributed by atoms with Gasteiger partial charge in [-0.1, -0.05) is 0 Å². The summed E-state index contributed by atoms with van der Waals surface area (Å²) >= 11 is 0. The summed E-state index contributed by atoms with van der Waals surface area (Å²) in [6.07, 6.45) is 3.52. The van der Waals surface area contributed by atoms with E-state index in [1.165, 1.54) is 0 Å². The number of carbonyl (C=O) groups is 1. The first kappa shape index (κ1) is 15.0. The Bertz CT molecular complexity index is 640. The molecule has 0 spiro atoms. The SMILES string of the molecule is CCNc1cc(C(=O)NCc2cnccc2C)cc(C)n1. The molecule has 0 aliphatic carbocycles. The van der Waals surface area contributed by atoms with E-state index in [-0.39, 0.29) is 5.91 Å². The lowest BCUT2D eigenvalue weighted by Crippen LogP contribution is -2.23. The monoisotopic (exact) mass is 284 g/mol. The van der Waals surface area contributed by atoms with Crippen LogP contribution in [0, 0.1) is 13.8 Å². The Morgan fingerprint density at radius 3 is 2.81 bits per heavy atom. The fourth-order valence-corrected chi connectivity index (χ4v) is 2.03. The summed E-state index contributed by atoms with van der Waals surface area (Å²) in [6, 6.07) is 5.48. The number of rotatable bonds is 5. The Balaban J connectivity index is 2.08. The number of amides is 1. The van der Waals surface area contributed by atoms with Crippen molar-refractivity contribution in [3.05, 3.63) is 53.0 Å². The molecule has 0 radical (unpaired) electrons. The maximum atomic E-state index is 12.3. The first-order chi connectivity index (χ1) is 10.1. The normalized spacial score (nSPS) is 10.2. The smallest absolute Gasteiger partial charge is 0.251 e. The molecule has 1 amide bonds. The molecule has 0 fully saturated rings. The fourth-order valence-electron chi connectivity index (χ4n) is 2.03. The van der Waals surface area contributed by atoms with Crippen LogP contribution in [0.25, 0.3) is 0 Å². The van der Waals surface area contributed by atoms with Gasteiger partial charge in [-0.05, 0) is 50.1 Å². The number of hydrogen-bond acceptors (Lipinski definition) is 4. The third-order valence-corrected chi connectivity index (χ3v) is 3.16. The minimum atomic E-state index is -0.108. The van der Waals surface area contributed by atoms with Crippen molar-refractivity contribution in [1.29, 1.82) is 0 Å². The molecule has 5 nitrogen and oxygen atoms in total. The lowest BCUT2D eigenvalue weighted by atomic mass is 10.1. The zero-order valence-electron chi connectivity index (χ0n) is 12.6. The first-order valence-electron chi connectivity index (χ1n) is 7.00. The van der Waals surface area contributed by atoms with Crippen molar-refractivity contribution < 1.29 is 4.79 Å². The molecule has 0 unspecified atom stereocenters. The van der Waals surface area contributed by atoms with Gasteiger partial charge in [0.05, 0.1) is 0 Å². The predicted octanol–water partition coefficient (Wildman–Crippen LogP) is 2.46. The minimum Gasteiger partial charge on any atom is -0.370 e. The summed E-state index contributed by atoms with van der Waals surface area (Å²) in [5.74, 6) is 0.614. The average molecular weight is 284 g/mol. The van der Waals surface area contributed by atoms with E-state index in [4.69, 9.17) is 0 Å². The van der Waals surface area contributed by atoms with E-state index in [2.05, 4.69) is 20.6 Å². The van der Waals surface area contributed by atoms with Crippen molar-refractivity contribution in [3.8, 4) is 0 Å². The second-order valence-corrected chi connectivity index (χ2v) is 4.90. The Hall–Kier alpha value is -2.43. The summed E-state index contributed by atoms with van der Waals surface area (Å²) in [5.41, 5.74) is 3.56. The van der Waals surface area contributed by atoms with Crippen LogP contribution in [0.3, 0.4) is 0 Å². The van der Waals surface area contributed by atoms with Gasteiger partial charge >= 0.3 is 0 Å². The average Bonchev–Trinajstić information content (AvgIpc) is 2.46. The van der Waals surface area contributed by atoms with Crippen LogP contribution in [-0.4, -0.2) is 22.4 Å². The number of nitrogens with zero attached hydrogens (tertiary/aromatic N) is 2. The van der Waals surface area contributed by atoms with Gasteiger partial charge in [0, 0.05) is 36.7 Å². The van der Waals surface area contributed by atoms with E-state index in [9.17, 15) is 4.79 Å². The van der Waals surface area contributed by atoms with E-state index in [1.54, 1.807) is 24.5 Å². The molecule has 2 aromatic rings. The van der Waals surface area contributed by atoms with Crippen LogP contribution in [0.5, 0.6) is 0 Å². The molecule has 0 saturated carbocycles. The van der Waals surface area contributed by atoms with Crippen LogP contribution in [0.4, 0.5) is 5.82 Å². The van der Waals surface area contributed by atoms with Crippen molar-refractivity contribution in [1.82, 2.24) is 15.3 Å². The Morgan fingerprint density at radius 2 is 2.10 bits per heavy atom. The summed E-state index contributed by atoms with van der Waals surface area (Å²) < 4.78 is 0. The van der Waals surface area contributed by atoms with Crippen molar-refractivity contribution in [2.45, 2.75) is 27.3 Å². The van der Waals surface area contributed by atoms with E-state index < -0.39 is 0 Å². The molecule has 2 heterocycles. The molecule has 21 heavy (non-hydrogen) atoms. The van der Waals surface area contributed by atoms with Gasteiger partial charge in [-0.2, -0.15) is 0 Å². The van der Waals surface area contributed by atoms with Crippen LogP contribution < -0.4 is 10.6 Å². The van der Waals surface area contributed by atoms with Gasteiger partial charge in [0.1, 0.15) is 5.82 Å². The number of carbonyl (C=O) groups excluding carboxylic acids is 1. The number of anilines is 1. The number of pyridine rings is 2. The molecular weight excluding hydrogens is 264 g/mol. The molecule has 0 aliphatic rings. The zero-order chi connectivity index (χ0) is 15.2. The van der Waals surface area contributed by atoms with Gasteiger partial charge in [0.25, 0.3) is 5.91 Å². The lowest BCUT2D eigenvalue weighted by Gasteiger charge is -2.10. The number of hydrogen-bond donors (Lipinski definition) is 2. The molecule has 0 saturated heterocycles. The van der Waals surface area contributed by atoms with Crippen molar-refractivity contribution in [2.75, 3.05) is 11.9 Å². The van der Waals surface area contributed by atoms with Crippen molar-refractivity contribution in [3.63, 3.8) is 0 Å². The molecule has 5 heteroatoms. The zero-order valence-corrected chi connectivity index (χ0v) is 12.6. The maximum absolute atomic E-state index is 12.3. The highest BCUT2D eigenvalue weighted by Crippen LogP contribution is 2.11. The first-order valence-corrected chi connectivity index (χ1v) is 7.00. The number of aromatic nitrogens is 2. The van der Waals surface area contributed by atoms with Gasteiger partial charge < -0.3 is 10.6 Å². The molecule has 0 bridgehead atoms. The molecule has 110 valence electrons. The summed E-state index contributed by atoms with van der Waals surface area (Å²) in [4.78, 5) is 20.7. The quantitative estimate of drug-likeness (QED) is 0.885. The largest absolute Gasteiger partial charge is 0.370 e. The van der Waals surface area contributed by atoms with Crippen LogP contribution in [0.1, 0.15) is 34.1 Å². The third-order valence-electron chi connectivity index (χ3n) is 3.16. The predicted molar refractivity (Wildman–Crippen MR) is 83.3 cm³/mol.